The molecular formula is C13H15BrN2S. The minimum absolute atomic E-state index is 0.905. The van der Waals surface area contributed by atoms with Crippen LogP contribution >= 0.6 is 27.3 Å². The van der Waals surface area contributed by atoms with Crippen LogP contribution in [0, 0.1) is 6.92 Å². The zero-order chi connectivity index (χ0) is 12.3. The molecule has 0 atom stereocenters. The van der Waals surface area contributed by atoms with Gasteiger partial charge in [0.15, 0.2) is 0 Å². The predicted molar refractivity (Wildman–Crippen MR) is 76.6 cm³/mol. The third-order valence-corrected chi connectivity index (χ3v) is 4.17. The van der Waals surface area contributed by atoms with Gasteiger partial charge in [0.05, 0.1) is 10.7 Å². The minimum Gasteiger partial charge on any atom is -0.315 e. The van der Waals surface area contributed by atoms with Gasteiger partial charge < -0.3 is 5.32 Å². The molecule has 0 saturated carbocycles. The maximum Gasteiger partial charge on any atom is 0.0975 e. The summed E-state index contributed by atoms with van der Waals surface area (Å²) in [4.78, 5) is 5.95. The standard InChI is InChI=1S/C13H15BrN2S/c1-9-12(8-15-2)17-13(16-9)7-10-4-3-5-11(14)6-10/h3-6,15H,7-8H2,1-2H3. The molecule has 1 N–H and O–H groups in total. The Labute approximate surface area is 114 Å². The van der Waals surface area contributed by atoms with Crippen LogP contribution in [-0.2, 0) is 13.0 Å². The Balaban J connectivity index is 2.16. The molecule has 0 saturated heterocycles. The zero-order valence-corrected chi connectivity index (χ0v) is 12.4. The molecule has 0 radical (unpaired) electrons. The van der Waals surface area contributed by atoms with Crippen LogP contribution in [-0.4, -0.2) is 12.0 Å². The van der Waals surface area contributed by atoms with Crippen molar-refractivity contribution in [2.75, 3.05) is 7.05 Å². The van der Waals surface area contributed by atoms with Crippen molar-refractivity contribution in [1.29, 1.82) is 0 Å². The van der Waals surface area contributed by atoms with Crippen LogP contribution in [0.15, 0.2) is 28.7 Å². The van der Waals surface area contributed by atoms with E-state index in [1.54, 1.807) is 11.3 Å². The molecule has 0 bridgehead atoms. The lowest BCUT2D eigenvalue weighted by atomic mass is 10.2. The molecule has 0 spiro atoms. The monoisotopic (exact) mass is 310 g/mol. The number of halogens is 1. The number of benzene rings is 1. The van der Waals surface area contributed by atoms with E-state index in [0.717, 1.165) is 23.1 Å². The van der Waals surface area contributed by atoms with Crippen LogP contribution in [0.1, 0.15) is 21.1 Å². The van der Waals surface area contributed by atoms with Crippen molar-refractivity contribution in [2.45, 2.75) is 19.9 Å². The van der Waals surface area contributed by atoms with Crippen LogP contribution in [0.25, 0.3) is 0 Å². The molecule has 0 aliphatic heterocycles. The van der Waals surface area contributed by atoms with E-state index in [0.29, 0.717) is 0 Å². The first-order valence-electron chi connectivity index (χ1n) is 5.53. The second kappa shape index (κ2) is 5.76. The molecule has 2 nitrogen and oxygen atoms in total. The molecule has 0 unspecified atom stereocenters. The van der Waals surface area contributed by atoms with Crippen molar-refractivity contribution < 1.29 is 0 Å². The number of rotatable bonds is 4. The molecule has 0 amide bonds. The lowest BCUT2D eigenvalue weighted by Crippen LogP contribution is -2.04. The molecule has 0 aliphatic rings. The van der Waals surface area contributed by atoms with Crippen LogP contribution in [0.3, 0.4) is 0 Å². The van der Waals surface area contributed by atoms with E-state index in [1.165, 1.54) is 15.4 Å². The van der Waals surface area contributed by atoms with Gasteiger partial charge in [-0.1, -0.05) is 28.1 Å². The highest BCUT2D eigenvalue weighted by atomic mass is 79.9. The highest BCUT2D eigenvalue weighted by Crippen LogP contribution is 2.21. The highest BCUT2D eigenvalue weighted by Gasteiger charge is 2.07. The second-order valence-electron chi connectivity index (χ2n) is 3.95. The fourth-order valence-corrected chi connectivity index (χ4v) is 3.27. The smallest absolute Gasteiger partial charge is 0.0975 e. The van der Waals surface area contributed by atoms with Crippen molar-refractivity contribution in [3.05, 3.63) is 49.9 Å². The zero-order valence-electron chi connectivity index (χ0n) is 9.96. The summed E-state index contributed by atoms with van der Waals surface area (Å²) in [6, 6.07) is 8.39. The predicted octanol–water partition coefficient (Wildman–Crippen LogP) is 3.52. The molecule has 2 rings (SSSR count). The minimum atomic E-state index is 0.905. The SMILES string of the molecule is CNCc1sc(Cc2cccc(Br)c2)nc1C. The van der Waals surface area contributed by atoms with Crippen molar-refractivity contribution >= 4 is 27.3 Å². The van der Waals surface area contributed by atoms with Crippen LogP contribution < -0.4 is 5.32 Å². The van der Waals surface area contributed by atoms with E-state index in [1.807, 2.05) is 13.1 Å². The van der Waals surface area contributed by atoms with Gasteiger partial charge in [-0.3, -0.25) is 0 Å². The van der Waals surface area contributed by atoms with Gasteiger partial charge >= 0.3 is 0 Å². The number of nitrogens with zero attached hydrogens (tertiary/aromatic N) is 1. The normalized spacial score (nSPS) is 10.8. The van der Waals surface area contributed by atoms with Crippen molar-refractivity contribution in [1.82, 2.24) is 10.3 Å². The molecule has 0 aliphatic carbocycles. The first kappa shape index (κ1) is 12.7. The summed E-state index contributed by atoms with van der Waals surface area (Å²) in [5.41, 5.74) is 2.44. The highest BCUT2D eigenvalue weighted by molar-refractivity contribution is 9.10. The Bertz CT molecular complexity index is 508. The Morgan fingerprint density at radius 3 is 2.94 bits per heavy atom. The van der Waals surface area contributed by atoms with Gasteiger partial charge in [0.2, 0.25) is 0 Å². The topological polar surface area (TPSA) is 24.9 Å². The van der Waals surface area contributed by atoms with Crippen molar-refractivity contribution in [2.24, 2.45) is 0 Å². The van der Waals surface area contributed by atoms with Gasteiger partial charge in [-0.15, -0.1) is 11.3 Å². The van der Waals surface area contributed by atoms with Crippen molar-refractivity contribution in [3.8, 4) is 0 Å². The first-order valence-corrected chi connectivity index (χ1v) is 7.14. The molecule has 90 valence electrons. The van der Waals surface area contributed by atoms with Crippen LogP contribution in [0.2, 0.25) is 0 Å². The Morgan fingerprint density at radius 2 is 2.24 bits per heavy atom. The van der Waals surface area contributed by atoms with E-state index in [2.05, 4.69) is 51.4 Å². The molecule has 1 aromatic heterocycles. The average molecular weight is 311 g/mol. The Hall–Kier alpha value is -0.710. The second-order valence-corrected chi connectivity index (χ2v) is 6.04. The number of aryl methyl sites for hydroxylation is 1. The summed E-state index contributed by atoms with van der Waals surface area (Å²) >= 11 is 5.29. The summed E-state index contributed by atoms with van der Waals surface area (Å²) in [6.07, 6.45) is 0.911. The third kappa shape index (κ3) is 3.37. The summed E-state index contributed by atoms with van der Waals surface area (Å²) in [5, 5.41) is 4.36. The van der Waals surface area contributed by atoms with Gasteiger partial charge in [-0.2, -0.15) is 0 Å². The van der Waals surface area contributed by atoms with Gasteiger partial charge in [0, 0.05) is 22.3 Å². The van der Waals surface area contributed by atoms with Crippen LogP contribution in [0.4, 0.5) is 0 Å². The largest absolute Gasteiger partial charge is 0.315 e. The average Bonchev–Trinajstić information content (AvgIpc) is 2.60. The Kier molecular flexibility index (Phi) is 4.31. The number of hydrogen-bond donors (Lipinski definition) is 1. The quantitative estimate of drug-likeness (QED) is 0.934. The lowest BCUT2D eigenvalue weighted by Gasteiger charge is -1.98. The summed E-state index contributed by atoms with van der Waals surface area (Å²) < 4.78 is 1.12. The molecule has 1 aromatic carbocycles. The number of nitrogens with one attached hydrogen (secondary N) is 1. The summed E-state index contributed by atoms with van der Waals surface area (Å²) in [7, 11) is 1.97. The van der Waals surface area contributed by atoms with Crippen molar-refractivity contribution in [3.63, 3.8) is 0 Å². The molecule has 0 fully saturated rings. The molecule has 4 heteroatoms. The Morgan fingerprint density at radius 1 is 1.41 bits per heavy atom. The molecule has 2 aromatic rings. The van der Waals surface area contributed by atoms with E-state index in [9.17, 15) is 0 Å². The number of hydrogen-bond acceptors (Lipinski definition) is 3. The van der Waals surface area contributed by atoms with E-state index < -0.39 is 0 Å². The maximum atomic E-state index is 4.62. The van der Waals surface area contributed by atoms with Gasteiger partial charge in [0.1, 0.15) is 0 Å². The third-order valence-electron chi connectivity index (χ3n) is 2.52. The molecular weight excluding hydrogens is 296 g/mol. The van der Waals surface area contributed by atoms with Gasteiger partial charge in [0.25, 0.3) is 0 Å². The van der Waals surface area contributed by atoms with E-state index in [-0.39, 0.29) is 0 Å². The summed E-state index contributed by atoms with van der Waals surface area (Å²) in [6.45, 7) is 2.98. The molecule has 1 heterocycles. The fraction of sp³-hybridized carbons (Fsp3) is 0.308. The lowest BCUT2D eigenvalue weighted by molar-refractivity contribution is 0.822. The molecule has 17 heavy (non-hydrogen) atoms. The van der Waals surface area contributed by atoms with Gasteiger partial charge in [-0.05, 0) is 31.7 Å². The number of thiazole rings is 1. The van der Waals surface area contributed by atoms with Gasteiger partial charge in [-0.25, -0.2) is 4.98 Å². The van der Waals surface area contributed by atoms with Crippen LogP contribution in [0.5, 0.6) is 0 Å². The first-order chi connectivity index (χ1) is 8.19. The fourth-order valence-electron chi connectivity index (χ4n) is 1.71. The summed E-state index contributed by atoms with van der Waals surface area (Å²) in [5.74, 6) is 0. The van der Waals surface area contributed by atoms with E-state index >= 15 is 0 Å². The maximum absolute atomic E-state index is 4.62. The van der Waals surface area contributed by atoms with E-state index in [4.69, 9.17) is 0 Å². The number of aromatic nitrogens is 1.